The normalized spacial score (nSPS) is 11.9. The molecule has 0 aliphatic carbocycles. The standard InChI is InChI=1S/C20H28O2Si/c1-11-9-12(2)16(6)19(15(11)5)23(21,22)20-17(7)13(3)10-14(4)18(20)8/h9-10,21-22H,1-8H3. The highest BCUT2D eigenvalue weighted by atomic mass is 28.4. The molecule has 0 spiro atoms. The molecule has 0 radical (unpaired) electrons. The van der Waals surface area contributed by atoms with Crippen LogP contribution in [0.1, 0.15) is 44.5 Å². The molecular formula is C20H28O2Si. The summed E-state index contributed by atoms with van der Waals surface area (Å²) in [6.07, 6.45) is 0. The van der Waals surface area contributed by atoms with Crippen LogP contribution in [0, 0.1) is 55.4 Å². The van der Waals surface area contributed by atoms with Crippen molar-refractivity contribution < 1.29 is 9.59 Å². The maximum atomic E-state index is 11.4. The molecule has 0 aliphatic rings. The molecule has 0 saturated carbocycles. The van der Waals surface area contributed by atoms with Crippen LogP contribution >= 0.6 is 0 Å². The minimum Gasteiger partial charge on any atom is -0.404 e. The van der Waals surface area contributed by atoms with Crippen molar-refractivity contribution in [3.8, 4) is 0 Å². The average molecular weight is 329 g/mol. The molecular weight excluding hydrogens is 300 g/mol. The molecule has 0 bridgehead atoms. The summed E-state index contributed by atoms with van der Waals surface area (Å²) in [5.74, 6) is 0. The van der Waals surface area contributed by atoms with Gasteiger partial charge in [-0.05, 0) is 99.9 Å². The van der Waals surface area contributed by atoms with E-state index in [0.29, 0.717) is 0 Å². The lowest BCUT2D eigenvalue weighted by molar-refractivity contribution is 0.400. The van der Waals surface area contributed by atoms with Gasteiger partial charge < -0.3 is 9.59 Å². The van der Waals surface area contributed by atoms with Crippen molar-refractivity contribution in [2.24, 2.45) is 0 Å². The molecule has 0 heterocycles. The third-order valence-electron chi connectivity index (χ3n) is 5.43. The Hall–Kier alpha value is -1.42. The van der Waals surface area contributed by atoms with Crippen molar-refractivity contribution in [3.63, 3.8) is 0 Å². The molecule has 2 nitrogen and oxygen atoms in total. The Labute approximate surface area is 141 Å². The molecule has 124 valence electrons. The van der Waals surface area contributed by atoms with E-state index in [0.717, 1.165) is 54.9 Å². The summed E-state index contributed by atoms with van der Waals surface area (Å²) in [6.45, 7) is 16.1. The minimum absolute atomic E-state index is 0.756. The molecule has 0 unspecified atom stereocenters. The van der Waals surface area contributed by atoms with Gasteiger partial charge in [-0.2, -0.15) is 0 Å². The van der Waals surface area contributed by atoms with Gasteiger partial charge in [0.15, 0.2) is 0 Å². The summed E-state index contributed by atoms with van der Waals surface area (Å²) < 4.78 is 0. The molecule has 0 atom stereocenters. The topological polar surface area (TPSA) is 40.5 Å². The van der Waals surface area contributed by atoms with Crippen LogP contribution < -0.4 is 10.4 Å². The van der Waals surface area contributed by atoms with Gasteiger partial charge in [-0.25, -0.2) is 0 Å². The van der Waals surface area contributed by atoms with Crippen LogP contribution in [0.3, 0.4) is 0 Å². The fourth-order valence-electron chi connectivity index (χ4n) is 3.60. The Morgan fingerprint density at radius 1 is 0.522 bits per heavy atom. The quantitative estimate of drug-likeness (QED) is 0.832. The highest BCUT2D eigenvalue weighted by molar-refractivity contribution is 6.91. The number of hydrogen-bond acceptors (Lipinski definition) is 2. The Balaban J connectivity index is 2.90. The second-order valence-corrected chi connectivity index (χ2v) is 9.29. The second-order valence-electron chi connectivity index (χ2n) is 6.94. The summed E-state index contributed by atoms with van der Waals surface area (Å²) in [7, 11) is -3.76. The van der Waals surface area contributed by atoms with E-state index in [9.17, 15) is 9.59 Å². The first kappa shape index (κ1) is 17.9. The molecule has 2 rings (SSSR count). The van der Waals surface area contributed by atoms with E-state index in [1.165, 1.54) is 0 Å². The van der Waals surface area contributed by atoms with Crippen LogP contribution in [0.25, 0.3) is 0 Å². The molecule has 0 amide bonds. The van der Waals surface area contributed by atoms with Crippen LogP contribution in [0.15, 0.2) is 12.1 Å². The smallest absolute Gasteiger partial charge is 0.402 e. The van der Waals surface area contributed by atoms with E-state index in [1.807, 2.05) is 55.4 Å². The molecule has 0 fully saturated rings. The van der Waals surface area contributed by atoms with Gasteiger partial charge in [-0.3, -0.25) is 0 Å². The molecule has 0 aliphatic heterocycles. The second kappa shape index (κ2) is 5.89. The van der Waals surface area contributed by atoms with Crippen molar-refractivity contribution in [2.75, 3.05) is 0 Å². The Kier molecular flexibility index (Phi) is 4.59. The van der Waals surface area contributed by atoms with Gasteiger partial charge in [0.25, 0.3) is 0 Å². The first-order valence-electron chi connectivity index (χ1n) is 8.10. The first-order chi connectivity index (χ1) is 10.5. The monoisotopic (exact) mass is 328 g/mol. The molecule has 2 aromatic rings. The third-order valence-corrected chi connectivity index (χ3v) is 8.32. The zero-order chi connectivity index (χ0) is 17.7. The van der Waals surface area contributed by atoms with Gasteiger partial charge in [0, 0.05) is 10.4 Å². The zero-order valence-corrected chi connectivity index (χ0v) is 16.5. The number of benzene rings is 2. The van der Waals surface area contributed by atoms with E-state index < -0.39 is 8.56 Å². The SMILES string of the molecule is Cc1cc(C)c(C)c([Si](O)(O)c2c(C)c(C)cc(C)c2C)c1C. The third kappa shape index (κ3) is 2.78. The highest BCUT2D eigenvalue weighted by Crippen LogP contribution is 2.20. The van der Waals surface area contributed by atoms with E-state index in [2.05, 4.69) is 12.1 Å². The van der Waals surface area contributed by atoms with Gasteiger partial charge in [-0.15, -0.1) is 0 Å². The Morgan fingerprint density at radius 3 is 0.957 bits per heavy atom. The van der Waals surface area contributed by atoms with Crippen LogP contribution in [0.5, 0.6) is 0 Å². The predicted octanol–water partition coefficient (Wildman–Crippen LogP) is 2.69. The Bertz CT molecular complexity index is 671. The molecule has 2 N–H and O–H groups in total. The van der Waals surface area contributed by atoms with Gasteiger partial charge in [0.2, 0.25) is 0 Å². The highest BCUT2D eigenvalue weighted by Gasteiger charge is 2.41. The minimum atomic E-state index is -3.76. The summed E-state index contributed by atoms with van der Waals surface area (Å²) in [5.41, 5.74) is 8.46. The molecule has 23 heavy (non-hydrogen) atoms. The van der Waals surface area contributed by atoms with Gasteiger partial charge >= 0.3 is 8.56 Å². The summed E-state index contributed by atoms with van der Waals surface area (Å²) in [4.78, 5) is 22.7. The summed E-state index contributed by atoms with van der Waals surface area (Å²) in [6, 6.07) is 4.25. The van der Waals surface area contributed by atoms with Crippen molar-refractivity contribution in [1.29, 1.82) is 0 Å². The number of aryl methyl sites for hydroxylation is 4. The van der Waals surface area contributed by atoms with Crippen molar-refractivity contribution in [2.45, 2.75) is 55.4 Å². The number of hydrogen-bond donors (Lipinski definition) is 2. The van der Waals surface area contributed by atoms with Crippen LogP contribution in [-0.2, 0) is 0 Å². The first-order valence-corrected chi connectivity index (χ1v) is 10.00. The van der Waals surface area contributed by atoms with E-state index in [-0.39, 0.29) is 0 Å². The summed E-state index contributed by atoms with van der Waals surface area (Å²) >= 11 is 0. The lowest BCUT2D eigenvalue weighted by Crippen LogP contribution is -2.63. The zero-order valence-electron chi connectivity index (χ0n) is 15.5. The van der Waals surface area contributed by atoms with E-state index in [1.54, 1.807) is 0 Å². The van der Waals surface area contributed by atoms with Crippen LogP contribution in [0.4, 0.5) is 0 Å². The van der Waals surface area contributed by atoms with Crippen molar-refractivity contribution >= 4 is 18.9 Å². The summed E-state index contributed by atoms with van der Waals surface area (Å²) in [5, 5.41) is 1.51. The molecule has 0 saturated heterocycles. The van der Waals surface area contributed by atoms with E-state index >= 15 is 0 Å². The largest absolute Gasteiger partial charge is 0.404 e. The fourth-order valence-corrected chi connectivity index (χ4v) is 6.73. The Morgan fingerprint density at radius 2 is 0.739 bits per heavy atom. The maximum absolute atomic E-state index is 11.4. The lowest BCUT2D eigenvalue weighted by Gasteiger charge is -2.29. The lowest BCUT2D eigenvalue weighted by atomic mass is 10.0. The molecule has 3 heteroatoms. The van der Waals surface area contributed by atoms with E-state index in [4.69, 9.17) is 0 Å². The van der Waals surface area contributed by atoms with Gasteiger partial charge in [-0.1, -0.05) is 12.1 Å². The van der Waals surface area contributed by atoms with Crippen molar-refractivity contribution in [3.05, 3.63) is 56.6 Å². The number of rotatable bonds is 2. The van der Waals surface area contributed by atoms with Gasteiger partial charge in [0.1, 0.15) is 0 Å². The van der Waals surface area contributed by atoms with Crippen molar-refractivity contribution in [1.82, 2.24) is 0 Å². The van der Waals surface area contributed by atoms with Crippen LogP contribution in [0.2, 0.25) is 0 Å². The predicted molar refractivity (Wildman–Crippen MR) is 100 cm³/mol. The molecule has 2 aromatic carbocycles. The average Bonchev–Trinajstić information content (AvgIpc) is 2.43. The maximum Gasteiger partial charge on any atom is 0.402 e. The molecule has 0 aromatic heterocycles. The van der Waals surface area contributed by atoms with Gasteiger partial charge in [0.05, 0.1) is 0 Å². The van der Waals surface area contributed by atoms with Crippen LogP contribution in [-0.4, -0.2) is 18.2 Å². The fraction of sp³-hybridized carbons (Fsp3) is 0.400.